The highest BCUT2D eigenvalue weighted by molar-refractivity contribution is 7.89. The molecule has 3 aromatic rings. The molecular weight excluding hydrogens is 354 g/mol. The van der Waals surface area contributed by atoms with Gasteiger partial charge in [0, 0.05) is 0 Å². The van der Waals surface area contributed by atoms with Crippen LogP contribution in [0.1, 0.15) is 43.2 Å². The van der Waals surface area contributed by atoms with E-state index in [-0.39, 0.29) is 10.3 Å². The number of hydrogen-bond donors (Lipinski definition) is 1. The van der Waals surface area contributed by atoms with Gasteiger partial charge in [0.2, 0.25) is 10.0 Å². The fourth-order valence-electron chi connectivity index (χ4n) is 4.54. The summed E-state index contributed by atoms with van der Waals surface area (Å²) in [4.78, 5) is 0.212. The highest BCUT2D eigenvalue weighted by Gasteiger charge is 2.34. The lowest BCUT2D eigenvalue weighted by Gasteiger charge is -2.38. The number of fused-ring (bicyclic) bond motifs is 1. The molecule has 0 radical (unpaired) electrons. The van der Waals surface area contributed by atoms with Gasteiger partial charge in [0.05, 0.1) is 4.90 Å². The summed E-state index contributed by atoms with van der Waals surface area (Å²) in [6, 6.07) is 22.3. The number of benzene rings is 3. The molecule has 1 saturated carbocycles. The summed E-state index contributed by atoms with van der Waals surface area (Å²) in [5, 5.41) is 7.88. The first-order valence-electron chi connectivity index (χ1n) is 9.57. The van der Waals surface area contributed by atoms with Gasteiger partial charge >= 0.3 is 0 Å². The Morgan fingerprint density at radius 2 is 1.56 bits per heavy atom. The van der Waals surface area contributed by atoms with Crippen LogP contribution in [0.15, 0.2) is 71.6 Å². The van der Waals surface area contributed by atoms with Crippen molar-refractivity contribution in [2.45, 2.75) is 48.8 Å². The van der Waals surface area contributed by atoms with Crippen LogP contribution in [0.3, 0.4) is 0 Å². The minimum Gasteiger partial charge on any atom is -0.225 e. The molecular formula is C23H25NO2S. The van der Waals surface area contributed by atoms with Crippen LogP contribution in [-0.2, 0) is 21.9 Å². The molecule has 0 bridgehead atoms. The third-order valence-electron chi connectivity index (χ3n) is 5.94. The van der Waals surface area contributed by atoms with E-state index in [0.29, 0.717) is 0 Å². The van der Waals surface area contributed by atoms with Crippen molar-refractivity contribution in [3.05, 3.63) is 77.9 Å². The van der Waals surface area contributed by atoms with Gasteiger partial charge in [-0.15, -0.1) is 0 Å². The van der Waals surface area contributed by atoms with Gasteiger partial charge in [0.25, 0.3) is 0 Å². The summed E-state index contributed by atoms with van der Waals surface area (Å²) in [7, 11) is -3.69. The second kappa shape index (κ2) is 7.10. The average molecular weight is 380 g/mol. The molecule has 1 fully saturated rings. The van der Waals surface area contributed by atoms with Crippen molar-refractivity contribution in [2.24, 2.45) is 5.14 Å². The molecule has 4 heteroatoms. The Labute approximate surface area is 161 Å². The van der Waals surface area contributed by atoms with Gasteiger partial charge in [-0.25, -0.2) is 13.6 Å². The zero-order valence-corrected chi connectivity index (χ0v) is 16.2. The van der Waals surface area contributed by atoms with E-state index in [9.17, 15) is 8.42 Å². The maximum Gasteiger partial charge on any atom is 0.238 e. The summed E-state index contributed by atoms with van der Waals surface area (Å²) in [6.45, 7) is 0. The van der Waals surface area contributed by atoms with Gasteiger partial charge in [-0.05, 0) is 58.7 Å². The van der Waals surface area contributed by atoms with Crippen molar-refractivity contribution in [1.29, 1.82) is 0 Å². The molecule has 0 unspecified atom stereocenters. The molecule has 0 aromatic heterocycles. The molecule has 1 aliphatic carbocycles. The van der Waals surface area contributed by atoms with Gasteiger partial charge in [-0.2, -0.15) is 0 Å². The summed E-state index contributed by atoms with van der Waals surface area (Å²) >= 11 is 0. The summed E-state index contributed by atoms with van der Waals surface area (Å²) in [5.41, 5.74) is 2.37. The zero-order chi connectivity index (χ0) is 18.9. The highest BCUT2D eigenvalue weighted by Crippen LogP contribution is 2.43. The Balaban J connectivity index is 1.76. The molecule has 0 atom stereocenters. The Morgan fingerprint density at radius 3 is 2.30 bits per heavy atom. The van der Waals surface area contributed by atoms with Crippen LogP contribution in [0, 0.1) is 0 Å². The molecule has 2 N–H and O–H groups in total. The quantitative estimate of drug-likeness (QED) is 0.698. The van der Waals surface area contributed by atoms with E-state index < -0.39 is 10.0 Å². The molecule has 0 spiro atoms. The fraction of sp³-hybridized carbons (Fsp3) is 0.304. The van der Waals surface area contributed by atoms with E-state index in [2.05, 4.69) is 48.5 Å². The van der Waals surface area contributed by atoms with E-state index >= 15 is 0 Å². The SMILES string of the molecule is NS(=O)(=O)c1cccc(C2(Cc3ccc4ccccc4c3)CCCCC2)c1. The van der Waals surface area contributed by atoms with Crippen LogP contribution in [0.2, 0.25) is 0 Å². The fourth-order valence-corrected chi connectivity index (χ4v) is 5.10. The van der Waals surface area contributed by atoms with Crippen LogP contribution in [0.25, 0.3) is 10.8 Å². The molecule has 27 heavy (non-hydrogen) atoms. The number of rotatable bonds is 4. The van der Waals surface area contributed by atoms with E-state index in [1.807, 2.05) is 6.07 Å². The van der Waals surface area contributed by atoms with E-state index in [4.69, 9.17) is 5.14 Å². The molecule has 140 valence electrons. The molecule has 0 amide bonds. The van der Waals surface area contributed by atoms with Crippen LogP contribution >= 0.6 is 0 Å². The molecule has 0 heterocycles. The molecule has 3 aromatic carbocycles. The second-order valence-electron chi connectivity index (χ2n) is 7.77. The first-order chi connectivity index (χ1) is 13.0. The standard InChI is InChI=1S/C23H25NO2S/c24-27(25,26)22-10-6-9-21(16-22)23(13-4-1-5-14-23)17-18-11-12-19-7-2-3-8-20(19)15-18/h2-3,6-12,15-16H,1,4-5,13-14,17H2,(H2,24,25,26). The normalized spacial score (nSPS) is 17.1. The van der Waals surface area contributed by atoms with Gasteiger partial charge in [-0.1, -0.05) is 73.9 Å². The molecule has 0 saturated heterocycles. The number of nitrogens with two attached hydrogens (primary N) is 1. The molecule has 0 aliphatic heterocycles. The lowest BCUT2D eigenvalue weighted by molar-refractivity contribution is 0.290. The zero-order valence-electron chi connectivity index (χ0n) is 15.4. The van der Waals surface area contributed by atoms with Gasteiger partial charge in [0.15, 0.2) is 0 Å². The van der Waals surface area contributed by atoms with Crippen molar-refractivity contribution >= 4 is 20.8 Å². The van der Waals surface area contributed by atoms with E-state index in [0.717, 1.165) is 24.8 Å². The minimum atomic E-state index is -3.69. The monoisotopic (exact) mass is 379 g/mol. The topological polar surface area (TPSA) is 60.2 Å². The van der Waals surface area contributed by atoms with Gasteiger partial charge < -0.3 is 0 Å². The summed E-state index contributed by atoms with van der Waals surface area (Å²) in [5.74, 6) is 0. The second-order valence-corrected chi connectivity index (χ2v) is 9.33. The van der Waals surface area contributed by atoms with Crippen molar-refractivity contribution in [3.63, 3.8) is 0 Å². The van der Waals surface area contributed by atoms with Crippen LogP contribution in [-0.4, -0.2) is 8.42 Å². The Bertz CT molecular complexity index is 1070. The van der Waals surface area contributed by atoms with E-state index in [1.165, 1.54) is 35.6 Å². The smallest absolute Gasteiger partial charge is 0.225 e. The predicted octanol–water partition coefficient (Wildman–Crippen LogP) is 4.93. The van der Waals surface area contributed by atoms with Crippen molar-refractivity contribution in [3.8, 4) is 0 Å². The maximum atomic E-state index is 11.9. The van der Waals surface area contributed by atoms with Crippen LogP contribution in [0.4, 0.5) is 0 Å². The molecule has 4 rings (SSSR count). The van der Waals surface area contributed by atoms with Gasteiger partial charge in [-0.3, -0.25) is 0 Å². The summed E-state index contributed by atoms with van der Waals surface area (Å²) in [6.07, 6.45) is 6.67. The van der Waals surface area contributed by atoms with Crippen molar-refractivity contribution in [1.82, 2.24) is 0 Å². The minimum absolute atomic E-state index is 0.0264. The Hall–Kier alpha value is -2.17. The molecule has 3 nitrogen and oxygen atoms in total. The number of hydrogen-bond acceptors (Lipinski definition) is 2. The Kier molecular flexibility index (Phi) is 4.79. The van der Waals surface area contributed by atoms with Crippen LogP contribution < -0.4 is 5.14 Å². The first kappa shape index (κ1) is 18.2. The van der Waals surface area contributed by atoms with Crippen molar-refractivity contribution < 1.29 is 8.42 Å². The predicted molar refractivity (Wildman–Crippen MR) is 110 cm³/mol. The average Bonchev–Trinajstić information content (AvgIpc) is 2.68. The number of sulfonamides is 1. The first-order valence-corrected chi connectivity index (χ1v) is 11.1. The third kappa shape index (κ3) is 3.78. The highest BCUT2D eigenvalue weighted by atomic mass is 32.2. The van der Waals surface area contributed by atoms with Crippen LogP contribution in [0.5, 0.6) is 0 Å². The Morgan fingerprint density at radius 1 is 0.815 bits per heavy atom. The lowest BCUT2D eigenvalue weighted by atomic mass is 9.66. The van der Waals surface area contributed by atoms with Gasteiger partial charge in [0.1, 0.15) is 0 Å². The largest absolute Gasteiger partial charge is 0.238 e. The van der Waals surface area contributed by atoms with Crippen molar-refractivity contribution in [2.75, 3.05) is 0 Å². The molecule has 1 aliphatic rings. The lowest BCUT2D eigenvalue weighted by Crippen LogP contribution is -2.32. The summed E-state index contributed by atoms with van der Waals surface area (Å²) < 4.78 is 23.7. The maximum absolute atomic E-state index is 11.9. The number of primary sulfonamides is 1. The third-order valence-corrected chi connectivity index (χ3v) is 6.85. The van der Waals surface area contributed by atoms with E-state index in [1.54, 1.807) is 12.1 Å².